The first-order chi connectivity index (χ1) is 10.7. The van der Waals surface area contributed by atoms with Crippen molar-refractivity contribution in [3.8, 4) is 5.75 Å². The van der Waals surface area contributed by atoms with Gasteiger partial charge in [-0.25, -0.2) is 0 Å². The lowest BCUT2D eigenvalue weighted by Crippen LogP contribution is -2.35. The van der Waals surface area contributed by atoms with E-state index >= 15 is 0 Å². The lowest BCUT2D eigenvalue weighted by atomic mass is 9.87. The van der Waals surface area contributed by atoms with Gasteiger partial charge < -0.3 is 15.2 Å². The van der Waals surface area contributed by atoms with Gasteiger partial charge in [0.05, 0.1) is 13.2 Å². The van der Waals surface area contributed by atoms with Gasteiger partial charge in [-0.2, -0.15) is 0 Å². The zero-order chi connectivity index (χ0) is 15.5. The fraction of sp³-hybridized carbons (Fsp3) is 0.588. The van der Waals surface area contributed by atoms with Gasteiger partial charge >= 0.3 is 5.97 Å². The van der Waals surface area contributed by atoms with Crippen LogP contribution in [-0.4, -0.2) is 42.7 Å². The maximum Gasteiger partial charge on any atom is 0.320 e. The lowest BCUT2D eigenvalue weighted by Gasteiger charge is -2.29. The van der Waals surface area contributed by atoms with Gasteiger partial charge in [-0.3, -0.25) is 9.69 Å². The standard InChI is InChI=1S/C17H24N2O3/c1-2-21-17(20)11-19-10-12-9-14(19)5-8-16(12)22-15-6-3-13(18)4-7-15/h3-4,6-7,12,14,16H,2,5,8-11,18H2,1H3. The van der Waals surface area contributed by atoms with Crippen LogP contribution in [0.4, 0.5) is 5.69 Å². The van der Waals surface area contributed by atoms with E-state index in [0.29, 0.717) is 25.1 Å². The Labute approximate surface area is 131 Å². The second-order valence-corrected chi connectivity index (χ2v) is 6.19. The number of carbonyl (C=O) groups excluding carboxylic acids is 1. The molecular weight excluding hydrogens is 280 g/mol. The topological polar surface area (TPSA) is 64.8 Å². The minimum Gasteiger partial charge on any atom is -0.490 e. The lowest BCUT2D eigenvalue weighted by molar-refractivity contribution is -0.144. The van der Waals surface area contributed by atoms with Gasteiger partial charge in [0.2, 0.25) is 0 Å². The van der Waals surface area contributed by atoms with Crippen LogP contribution < -0.4 is 10.5 Å². The average Bonchev–Trinajstić information content (AvgIpc) is 2.82. The summed E-state index contributed by atoms with van der Waals surface area (Å²) in [5, 5.41) is 0. The molecule has 3 unspecified atom stereocenters. The highest BCUT2D eigenvalue weighted by Crippen LogP contribution is 2.37. The molecule has 0 amide bonds. The van der Waals surface area contributed by atoms with Crippen LogP contribution in [0.15, 0.2) is 24.3 Å². The molecule has 120 valence electrons. The molecule has 3 atom stereocenters. The van der Waals surface area contributed by atoms with Crippen molar-refractivity contribution in [2.75, 3.05) is 25.4 Å². The molecule has 1 aliphatic carbocycles. The Balaban J connectivity index is 1.57. The highest BCUT2D eigenvalue weighted by Gasteiger charge is 2.42. The summed E-state index contributed by atoms with van der Waals surface area (Å²) in [5.41, 5.74) is 6.45. The molecule has 5 heteroatoms. The number of hydrogen-bond donors (Lipinski definition) is 1. The Morgan fingerprint density at radius 2 is 2.09 bits per heavy atom. The van der Waals surface area contributed by atoms with Crippen LogP contribution in [0, 0.1) is 5.92 Å². The van der Waals surface area contributed by atoms with E-state index in [1.54, 1.807) is 0 Å². The number of fused-ring (bicyclic) bond motifs is 2. The summed E-state index contributed by atoms with van der Waals surface area (Å²) in [7, 11) is 0. The molecule has 2 N–H and O–H groups in total. The molecule has 0 aromatic heterocycles. The summed E-state index contributed by atoms with van der Waals surface area (Å²) in [4.78, 5) is 13.9. The maximum absolute atomic E-state index is 11.7. The third-order valence-electron chi connectivity index (χ3n) is 4.68. The van der Waals surface area contributed by atoms with Crippen LogP contribution in [0.2, 0.25) is 0 Å². The Hall–Kier alpha value is -1.75. The summed E-state index contributed by atoms with van der Waals surface area (Å²) in [6.07, 6.45) is 3.46. The minimum atomic E-state index is -0.119. The number of ether oxygens (including phenoxy) is 2. The largest absolute Gasteiger partial charge is 0.490 e. The Bertz CT molecular complexity index is 517. The van der Waals surface area contributed by atoms with Crippen molar-refractivity contribution in [1.82, 2.24) is 4.90 Å². The second-order valence-electron chi connectivity index (χ2n) is 6.19. The number of nitrogens with zero attached hydrogens (tertiary/aromatic N) is 1. The van der Waals surface area contributed by atoms with Crippen LogP contribution in [0.1, 0.15) is 26.2 Å². The summed E-state index contributed by atoms with van der Waals surface area (Å²) in [6.45, 7) is 3.62. The minimum absolute atomic E-state index is 0.119. The van der Waals surface area contributed by atoms with Gasteiger partial charge in [-0.1, -0.05) is 0 Å². The van der Waals surface area contributed by atoms with Gasteiger partial charge in [0, 0.05) is 24.2 Å². The van der Waals surface area contributed by atoms with E-state index in [-0.39, 0.29) is 12.1 Å². The predicted octanol–water partition coefficient (Wildman–Crippen LogP) is 2.06. The third kappa shape index (κ3) is 3.35. The smallest absolute Gasteiger partial charge is 0.320 e. The van der Waals surface area contributed by atoms with E-state index in [1.165, 1.54) is 0 Å². The molecule has 3 rings (SSSR count). The molecular formula is C17H24N2O3. The highest BCUT2D eigenvalue weighted by atomic mass is 16.5. The molecule has 1 aliphatic heterocycles. The highest BCUT2D eigenvalue weighted by molar-refractivity contribution is 5.71. The first kappa shape index (κ1) is 15.2. The van der Waals surface area contributed by atoms with Gasteiger partial charge in [0.15, 0.2) is 0 Å². The van der Waals surface area contributed by atoms with Crippen molar-refractivity contribution in [1.29, 1.82) is 0 Å². The van der Waals surface area contributed by atoms with Crippen molar-refractivity contribution < 1.29 is 14.3 Å². The van der Waals surface area contributed by atoms with E-state index < -0.39 is 0 Å². The summed E-state index contributed by atoms with van der Waals surface area (Å²) in [5.74, 6) is 1.25. The number of rotatable bonds is 5. The Kier molecular flexibility index (Phi) is 4.52. The molecule has 2 bridgehead atoms. The number of hydrogen-bond acceptors (Lipinski definition) is 5. The number of nitrogens with two attached hydrogens (primary N) is 1. The number of nitrogen functional groups attached to an aromatic ring is 1. The van der Waals surface area contributed by atoms with E-state index in [4.69, 9.17) is 15.2 Å². The van der Waals surface area contributed by atoms with Gasteiger partial charge in [0.25, 0.3) is 0 Å². The van der Waals surface area contributed by atoms with Crippen LogP contribution >= 0.6 is 0 Å². The van der Waals surface area contributed by atoms with E-state index in [2.05, 4.69) is 4.90 Å². The zero-order valence-corrected chi connectivity index (χ0v) is 13.0. The number of esters is 1. The molecule has 1 aromatic rings. The van der Waals surface area contributed by atoms with Crippen molar-refractivity contribution in [2.45, 2.75) is 38.3 Å². The molecule has 2 aliphatic rings. The quantitative estimate of drug-likeness (QED) is 0.666. The molecule has 5 nitrogen and oxygen atoms in total. The average molecular weight is 304 g/mol. The van der Waals surface area contributed by atoms with Gasteiger partial charge in [0.1, 0.15) is 11.9 Å². The van der Waals surface area contributed by atoms with Crippen LogP contribution in [-0.2, 0) is 9.53 Å². The Morgan fingerprint density at radius 3 is 2.82 bits per heavy atom. The van der Waals surface area contributed by atoms with Crippen molar-refractivity contribution >= 4 is 11.7 Å². The SMILES string of the molecule is CCOC(=O)CN1CC2CC1CCC2Oc1ccc(N)cc1. The van der Waals surface area contributed by atoms with Gasteiger partial charge in [-0.15, -0.1) is 0 Å². The van der Waals surface area contributed by atoms with E-state index in [0.717, 1.165) is 37.2 Å². The van der Waals surface area contributed by atoms with E-state index in [9.17, 15) is 4.79 Å². The summed E-state index contributed by atoms with van der Waals surface area (Å²) >= 11 is 0. The van der Waals surface area contributed by atoms with Crippen molar-refractivity contribution in [3.63, 3.8) is 0 Å². The van der Waals surface area contributed by atoms with Gasteiger partial charge in [-0.05, 0) is 50.5 Å². The number of carbonyl (C=O) groups is 1. The molecule has 0 spiro atoms. The number of likely N-dealkylation sites (tertiary alicyclic amines) is 1. The Morgan fingerprint density at radius 1 is 1.32 bits per heavy atom. The van der Waals surface area contributed by atoms with Crippen molar-refractivity contribution in [3.05, 3.63) is 24.3 Å². The first-order valence-corrected chi connectivity index (χ1v) is 8.07. The molecule has 22 heavy (non-hydrogen) atoms. The summed E-state index contributed by atoms with van der Waals surface area (Å²) < 4.78 is 11.2. The summed E-state index contributed by atoms with van der Waals surface area (Å²) in [6, 6.07) is 8.07. The van der Waals surface area contributed by atoms with Crippen LogP contribution in [0.25, 0.3) is 0 Å². The zero-order valence-electron chi connectivity index (χ0n) is 13.0. The molecule has 1 saturated heterocycles. The molecule has 0 radical (unpaired) electrons. The normalized spacial score (nSPS) is 27.6. The fourth-order valence-electron chi connectivity index (χ4n) is 3.63. The third-order valence-corrected chi connectivity index (χ3v) is 4.68. The monoisotopic (exact) mass is 304 g/mol. The fourth-order valence-corrected chi connectivity index (χ4v) is 3.63. The predicted molar refractivity (Wildman–Crippen MR) is 84.6 cm³/mol. The van der Waals surface area contributed by atoms with Crippen LogP contribution in [0.3, 0.4) is 0 Å². The number of benzene rings is 1. The first-order valence-electron chi connectivity index (χ1n) is 8.07. The van der Waals surface area contributed by atoms with Crippen LogP contribution in [0.5, 0.6) is 5.75 Å². The van der Waals surface area contributed by atoms with Crippen molar-refractivity contribution in [2.24, 2.45) is 5.92 Å². The number of anilines is 1. The molecule has 1 saturated carbocycles. The molecule has 1 aromatic carbocycles. The molecule has 2 fully saturated rings. The molecule has 1 heterocycles. The van der Waals surface area contributed by atoms with E-state index in [1.807, 2.05) is 31.2 Å². The maximum atomic E-state index is 11.7. The second kappa shape index (κ2) is 6.57.